The molecule has 0 N–H and O–H groups in total. The Balaban J connectivity index is 2.01. The number of rotatable bonds is 5. The summed E-state index contributed by atoms with van der Waals surface area (Å²) in [5.74, 6) is 1.05. The minimum absolute atomic E-state index is 0.777. The molecule has 1 fully saturated rings. The Morgan fingerprint density at radius 3 is 2.94 bits per heavy atom. The number of methoxy groups -OCH3 is 1. The molecule has 1 aromatic rings. The molecule has 1 unspecified atom stereocenters. The van der Waals surface area contributed by atoms with Crippen LogP contribution in [0.5, 0.6) is 5.75 Å². The van der Waals surface area contributed by atoms with Crippen molar-refractivity contribution >= 4 is 0 Å². The van der Waals surface area contributed by atoms with Crippen LogP contribution in [0.3, 0.4) is 0 Å². The van der Waals surface area contributed by atoms with E-state index in [2.05, 4.69) is 36.9 Å². The van der Waals surface area contributed by atoms with Crippen molar-refractivity contribution in [2.45, 2.75) is 45.6 Å². The van der Waals surface area contributed by atoms with Crippen molar-refractivity contribution in [3.8, 4) is 5.75 Å². The maximum absolute atomic E-state index is 5.48. The SMILES string of the molecule is CCN1CCCC1CCc1c(C)cccc1OC. The molecular formula is C16H25NO. The van der Waals surface area contributed by atoms with Crippen LogP contribution >= 0.6 is 0 Å². The van der Waals surface area contributed by atoms with Crippen molar-refractivity contribution in [3.63, 3.8) is 0 Å². The van der Waals surface area contributed by atoms with Gasteiger partial charge in [-0.15, -0.1) is 0 Å². The minimum atomic E-state index is 0.777. The van der Waals surface area contributed by atoms with Gasteiger partial charge in [0.2, 0.25) is 0 Å². The van der Waals surface area contributed by atoms with Crippen LogP contribution in [0.25, 0.3) is 0 Å². The Morgan fingerprint density at radius 2 is 2.22 bits per heavy atom. The molecule has 0 radical (unpaired) electrons. The maximum Gasteiger partial charge on any atom is 0.122 e. The molecule has 0 aliphatic carbocycles. The van der Waals surface area contributed by atoms with Crippen molar-refractivity contribution in [1.29, 1.82) is 0 Å². The molecule has 1 atom stereocenters. The minimum Gasteiger partial charge on any atom is -0.496 e. The van der Waals surface area contributed by atoms with Gasteiger partial charge >= 0.3 is 0 Å². The number of benzene rings is 1. The maximum atomic E-state index is 5.48. The Morgan fingerprint density at radius 1 is 1.39 bits per heavy atom. The number of likely N-dealkylation sites (tertiary alicyclic amines) is 1. The molecule has 2 heteroatoms. The van der Waals surface area contributed by atoms with Crippen molar-refractivity contribution in [1.82, 2.24) is 4.90 Å². The van der Waals surface area contributed by atoms with Gasteiger partial charge in [-0.3, -0.25) is 0 Å². The first-order chi connectivity index (χ1) is 8.76. The van der Waals surface area contributed by atoms with Gasteiger partial charge in [-0.1, -0.05) is 19.1 Å². The van der Waals surface area contributed by atoms with E-state index in [1.165, 1.54) is 43.5 Å². The van der Waals surface area contributed by atoms with Gasteiger partial charge in [-0.25, -0.2) is 0 Å². The average Bonchev–Trinajstić information content (AvgIpc) is 2.84. The second kappa shape index (κ2) is 6.24. The normalized spacial score (nSPS) is 20.3. The van der Waals surface area contributed by atoms with Gasteiger partial charge in [-0.05, 0) is 62.9 Å². The molecule has 0 bridgehead atoms. The zero-order valence-electron chi connectivity index (χ0n) is 11.9. The third-order valence-corrected chi connectivity index (χ3v) is 4.22. The second-order valence-electron chi connectivity index (χ2n) is 5.22. The van der Waals surface area contributed by atoms with Crippen molar-refractivity contribution < 1.29 is 4.74 Å². The van der Waals surface area contributed by atoms with Crippen LogP contribution in [-0.2, 0) is 6.42 Å². The fourth-order valence-corrected chi connectivity index (χ4v) is 3.14. The highest BCUT2D eigenvalue weighted by Crippen LogP contribution is 2.27. The molecular weight excluding hydrogens is 222 g/mol. The van der Waals surface area contributed by atoms with E-state index in [-0.39, 0.29) is 0 Å². The molecule has 0 aromatic heterocycles. The summed E-state index contributed by atoms with van der Waals surface area (Å²) in [6.45, 7) is 6.93. The van der Waals surface area contributed by atoms with E-state index in [1.54, 1.807) is 7.11 Å². The van der Waals surface area contributed by atoms with Crippen LogP contribution in [0.15, 0.2) is 18.2 Å². The summed E-state index contributed by atoms with van der Waals surface area (Å²) in [5, 5.41) is 0. The Hall–Kier alpha value is -1.02. The molecule has 100 valence electrons. The summed E-state index contributed by atoms with van der Waals surface area (Å²) in [5.41, 5.74) is 2.75. The van der Waals surface area contributed by atoms with Crippen LogP contribution in [0.1, 0.15) is 37.3 Å². The first-order valence-corrected chi connectivity index (χ1v) is 7.12. The first-order valence-electron chi connectivity index (χ1n) is 7.12. The van der Waals surface area contributed by atoms with Crippen LogP contribution < -0.4 is 4.74 Å². The lowest BCUT2D eigenvalue weighted by Gasteiger charge is -2.23. The van der Waals surface area contributed by atoms with Gasteiger partial charge in [0, 0.05) is 6.04 Å². The zero-order chi connectivity index (χ0) is 13.0. The summed E-state index contributed by atoms with van der Waals surface area (Å²) in [6, 6.07) is 7.11. The van der Waals surface area contributed by atoms with E-state index in [9.17, 15) is 0 Å². The number of nitrogens with zero attached hydrogens (tertiary/aromatic N) is 1. The molecule has 0 saturated carbocycles. The first kappa shape index (κ1) is 13.4. The Kier molecular flexibility index (Phi) is 4.65. The van der Waals surface area contributed by atoms with Gasteiger partial charge in [0.15, 0.2) is 0 Å². The van der Waals surface area contributed by atoms with E-state index in [0.717, 1.165) is 18.2 Å². The van der Waals surface area contributed by atoms with E-state index < -0.39 is 0 Å². The highest BCUT2D eigenvalue weighted by molar-refractivity contribution is 5.39. The highest BCUT2D eigenvalue weighted by Gasteiger charge is 2.23. The molecule has 1 aliphatic rings. The topological polar surface area (TPSA) is 12.5 Å². The van der Waals surface area contributed by atoms with Gasteiger partial charge in [0.05, 0.1) is 7.11 Å². The lowest BCUT2D eigenvalue weighted by Crippen LogP contribution is -2.29. The summed E-state index contributed by atoms with van der Waals surface area (Å²) >= 11 is 0. The molecule has 1 aliphatic heterocycles. The summed E-state index contributed by atoms with van der Waals surface area (Å²) in [4.78, 5) is 2.62. The summed E-state index contributed by atoms with van der Waals surface area (Å²) in [6.07, 6.45) is 5.12. The molecule has 1 heterocycles. The monoisotopic (exact) mass is 247 g/mol. The number of hydrogen-bond donors (Lipinski definition) is 0. The molecule has 0 spiro atoms. The lowest BCUT2D eigenvalue weighted by atomic mass is 9.99. The fourth-order valence-electron chi connectivity index (χ4n) is 3.14. The smallest absolute Gasteiger partial charge is 0.122 e. The highest BCUT2D eigenvalue weighted by atomic mass is 16.5. The standard InChI is InChI=1S/C16H25NO/c1-4-17-12-6-8-14(17)10-11-15-13(2)7-5-9-16(15)18-3/h5,7,9,14H,4,6,8,10-12H2,1-3H3. The molecule has 2 rings (SSSR count). The Labute approximate surface area is 111 Å². The van der Waals surface area contributed by atoms with Gasteiger partial charge < -0.3 is 9.64 Å². The van der Waals surface area contributed by atoms with Crippen molar-refractivity contribution in [2.24, 2.45) is 0 Å². The van der Waals surface area contributed by atoms with E-state index in [4.69, 9.17) is 4.74 Å². The zero-order valence-corrected chi connectivity index (χ0v) is 11.9. The van der Waals surface area contributed by atoms with Gasteiger partial charge in [-0.2, -0.15) is 0 Å². The van der Waals surface area contributed by atoms with E-state index in [0.29, 0.717) is 0 Å². The van der Waals surface area contributed by atoms with Crippen LogP contribution in [0, 0.1) is 6.92 Å². The van der Waals surface area contributed by atoms with Crippen molar-refractivity contribution in [2.75, 3.05) is 20.2 Å². The van der Waals surface area contributed by atoms with Crippen LogP contribution in [-0.4, -0.2) is 31.1 Å². The van der Waals surface area contributed by atoms with Crippen LogP contribution in [0.2, 0.25) is 0 Å². The number of hydrogen-bond acceptors (Lipinski definition) is 2. The summed E-state index contributed by atoms with van der Waals surface area (Å²) < 4.78 is 5.48. The average molecular weight is 247 g/mol. The fraction of sp³-hybridized carbons (Fsp3) is 0.625. The lowest BCUT2D eigenvalue weighted by molar-refractivity contribution is 0.255. The molecule has 0 amide bonds. The third-order valence-electron chi connectivity index (χ3n) is 4.22. The van der Waals surface area contributed by atoms with Gasteiger partial charge in [0.25, 0.3) is 0 Å². The van der Waals surface area contributed by atoms with E-state index in [1.807, 2.05) is 0 Å². The second-order valence-corrected chi connectivity index (χ2v) is 5.22. The predicted octanol–water partition coefficient (Wildman–Crippen LogP) is 3.42. The third kappa shape index (κ3) is 2.86. The van der Waals surface area contributed by atoms with E-state index >= 15 is 0 Å². The molecule has 2 nitrogen and oxygen atoms in total. The number of ether oxygens (including phenoxy) is 1. The quantitative estimate of drug-likeness (QED) is 0.790. The Bertz CT molecular complexity index is 389. The molecule has 18 heavy (non-hydrogen) atoms. The predicted molar refractivity (Wildman–Crippen MR) is 76.3 cm³/mol. The molecule has 1 aromatic carbocycles. The molecule has 1 saturated heterocycles. The largest absolute Gasteiger partial charge is 0.496 e. The van der Waals surface area contributed by atoms with Gasteiger partial charge in [0.1, 0.15) is 5.75 Å². The summed E-state index contributed by atoms with van der Waals surface area (Å²) in [7, 11) is 1.77. The number of aryl methyl sites for hydroxylation is 1. The van der Waals surface area contributed by atoms with Crippen LogP contribution in [0.4, 0.5) is 0 Å². The van der Waals surface area contributed by atoms with Crippen molar-refractivity contribution in [3.05, 3.63) is 29.3 Å².